The maximum atomic E-state index is 14.1. The molecule has 0 saturated heterocycles. The molecule has 4 rings (SSSR count). The van der Waals surface area contributed by atoms with E-state index in [2.05, 4.69) is 12.3 Å². The van der Waals surface area contributed by atoms with Gasteiger partial charge in [-0.25, -0.2) is 13.6 Å². The molecule has 0 fully saturated rings. The number of rotatable bonds is 3. The number of carbonyl (C=O) groups is 2. The first kappa shape index (κ1) is 23.0. The zero-order valence-electron chi connectivity index (χ0n) is 17.0. The van der Waals surface area contributed by atoms with Crippen molar-refractivity contribution in [3.63, 3.8) is 0 Å². The smallest absolute Gasteiger partial charge is 0.336 e. The first-order valence-electron chi connectivity index (χ1n) is 9.22. The van der Waals surface area contributed by atoms with Crippen LogP contribution in [-0.4, -0.2) is 22.1 Å². The number of fused-ring (bicyclic) bond motifs is 2. The van der Waals surface area contributed by atoms with Crippen molar-refractivity contribution in [2.75, 3.05) is 0 Å². The Kier molecular flexibility index (Phi) is 6.13. The molecule has 1 amide bonds. The highest BCUT2D eigenvalue weighted by Gasteiger charge is 2.24. The summed E-state index contributed by atoms with van der Waals surface area (Å²) in [6.07, 6.45) is 4.60. The number of nitrogens with two attached hydrogens (primary N) is 1. The van der Waals surface area contributed by atoms with Gasteiger partial charge in [0.15, 0.2) is 17.4 Å². The van der Waals surface area contributed by atoms with Gasteiger partial charge in [0.1, 0.15) is 11.3 Å². The van der Waals surface area contributed by atoms with Crippen molar-refractivity contribution < 1.29 is 33.0 Å². The van der Waals surface area contributed by atoms with Gasteiger partial charge in [-0.1, -0.05) is 6.07 Å². The lowest BCUT2D eigenvalue weighted by Gasteiger charge is -2.17. The van der Waals surface area contributed by atoms with Crippen molar-refractivity contribution in [3.05, 3.63) is 75.4 Å². The minimum Gasteiger partial charge on any atom is -0.505 e. The molecule has 4 N–H and O–H groups in total. The van der Waals surface area contributed by atoms with Gasteiger partial charge in [0.25, 0.3) is 0 Å². The molecule has 1 aliphatic carbocycles. The van der Waals surface area contributed by atoms with Crippen LogP contribution in [0.4, 0.5) is 8.78 Å². The first-order chi connectivity index (χ1) is 15.6. The van der Waals surface area contributed by atoms with E-state index in [1.54, 1.807) is 6.92 Å². The Balaban J connectivity index is 0.000000968. The topological polar surface area (TPSA) is 131 Å². The lowest BCUT2D eigenvalue weighted by atomic mass is 9.89. The number of carboxylic acids is 1. The van der Waals surface area contributed by atoms with E-state index in [1.165, 1.54) is 12.1 Å². The van der Waals surface area contributed by atoms with Crippen LogP contribution in [0.1, 0.15) is 27.6 Å². The van der Waals surface area contributed by atoms with Crippen LogP contribution < -0.4 is 11.2 Å². The van der Waals surface area contributed by atoms with Crippen molar-refractivity contribution >= 4 is 22.8 Å². The van der Waals surface area contributed by atoms with E-state index < -0.39 is 34.7 Å². The highest BCUT2D eigenvalue weighted by molar-refractivity contribution is 6.09. The molecule has 2 aliphatic rings. The number of phenolic OH excluding ortho intramolecular Hbond substituents is 1. The third-order valence-corrected chi connectivity index (χ3v) is 4.65. The number of phenols is 1. The molecule has 7 nitrogen and oxygen atoms in total. The number of aromatic hydroxyl groups is 1. The summed E-state index contributed by atoms with van der Waals surface area (Å²) in [7, 11) is 0. The minimum absolute atomic E-state index is 0.000912. The molecule has 9 heteroatoms. The van der Waals surface area contributed by atoms with Crippen molar-refractivity contribution in [1.82, 2.24) is 0 Å². The molecule has 1 heterocycles. The summed E-state index contributed by atoms with van der Waals surface area (Å²) in [6.45, 7) is 1.65. The number of primary amides is 1. The first-order valence-corrected chi connectivity index (χ1v) is 9.22. The lowest BCUT2D eigenvalue weighted by molar-refractivity contribution is 0.0697. The van der Waals surface area contributed by atoms with Gasteiger partial charge in [-0.2, -0.15) is 0 Å². The number of halogens is 2. The van der Waals surface area contributed by atoms with Gasteiger partial charge in [-0.05, 0) is 36.8 Å². The number of terminal acetylenes is 1. The quantitative estimate of drug-likeness (QED) is 0.319. The van der Waals surface area contributed by atoms with Gasteiger partial charge in [0.05, 0.1) is 5.56 Å². The summed E-state index contributed by atoms with van der Waals surface area (Å²) >= 11 is 0. The second kappa shape index (κ2) is 8.80. The molecule has 0 spiro atoms. The Morgan fingerprint density at radius 3 is 2.33 bits per heavy atom. The average molecular weight is 451 g/mol. The number of hydrogen-bond donors (Lipinski definition) is 3. The van der Waals surface area contributed by atoms with Gasteiger partial charge in [-0.3, -0.25) is 9.59 Å². The van der Waals surface area contributed by atoms with Gasteiger partial charge in [-0.15, -0.1) is 12.3 Å². The molecule has 0 aromatic heterocycles. The maximum Gasteiger partial charge on any atom is 0.336 e. The molecule has 0 bridgehead atoms. The van der Waals surface area contributed by atoms with Gasteiger partial charge < -0.3 is 20.4 Å². The Morgan fingerprint density at radius 2 is 1.73 bits per heavy atom. The SMILES string of the molecule is C#CC.NC(=O)c1ccc(-c2c3cc(F)c(=O)cc-3oc3cc(O)c(F)cc23)c(C(=O)O)c1. The zero-order valence-corrected chi connectivity index (χ0v) is 17.0. The molecule has 1 aliphatic heterocycles. The van der Waals surface area contributed by atoms with Crippen LogP contribution in [0.15, 0.2) is 51.7 Å². The molecule has 2 aromatic rings. The second-order valence-electron chi connectivity index (χ2n) is 6.77. The zero-order chi connectivity index (χ0) is 24.4. The van der Waals surface area contributed by atoms with Crippen molar-refractivity contribution in [3.8, 4) is 40.5 Å². The fraction of sp³-hybridized carbons (Fsp3) is 0.0417. The van der Waals surface area contributed by atoms with Crippen molar-refractivity contribution in [2.24, 2.45) is 5.73 Å². The van der Waals surface area contributed by atoms with Crippen LogP contribution in [0.25, 0.3) is 33.4 Å². The molecule has 0 radical (unpaired) electrons. The standard InChI is InChI=1S/C21H11F2NO6.C3H4/c22-13-4-11-17(6-15(13)25)30-18-7-16(26)14(23)5-12(18)19(11)9-2-1-8(20(24)27)3-10(9)21(28)29;1-3-2/h1-7,25H,(H2,24,27)(H,28,29);1H,2H3. The highest BCUT2D eigenvalue weighted by Crippen LogP contribution is 2.42. The Labute approximate surface area is 185 Å². The van der Waals surface area contributed by atoms with Gasteiger partial charge in [0.2, 0.25) is 11.3 Å². The third-order valence-electron chi connectivity index (χ3n) is 4.65. The summed E-state index contributed by atoms with van der Waals surface area (Å²) in [5.41, 5.74) is 3.78. The maximum absolute atomic E-state index is 14.1. The van der Waals surface area contributed by atoms with Crippen LogP contribution in [0.5, 0.6) is 5.75 Å². The predicted molar refractivity (Wildman–Crippen MR) is 116 cm³/mol. The number of aromatic carboxylic acids is 1. The normalized spacial score (nSPS) is 10.4. The molecular formula is C24H15F2NO6. The Hall–Kier alpha value is -4.71. The van der Waals surface area contributed by atoms with Crippen LogP contribution in [0.3, 0.4) is 0 Å². The molecule has 33 heavy (non-hydrogen) atoms. The summed E-state index contributed by atoms with van der Waals surface area (Å²) < 4.78 is 33.7. The molecular weight excluding hydrogens is 436 g/mol. The van der Waals surface area contributed by atoms with Crippen LogP contribution in [0.2, 0.25) is 0 Å². The van der Waals surface area contributed by atoms with Crippen molar-refractivity contribution in [2.45, 2.75) is 6.92 Å². The second-order valence-corrected chi connectivity index (χ2v) is 6.77. The largest absolute Gasteiger partial charge is 0.505 e. The molecule has 2 aromatic carbocycles. The summed E-state index contributed by atoms with van der Waals surface area (Å²) in [4.78, 5) is 35.1. The van der Waals surface area contributed by atoms with Crippen LogP contribution in [0, 0.1) is 24.0 Å². The number of benzene rings is 3. The molecule has 166 valence electrons. The molecule has 0 saturated carbocycles. The van der Waals surface area contributed by atoms with E-state index in [1.807, 2.05) is 0 Å². The fourth-order valence-corrected chi connectivity index (χ4v) is 3.28. The monoisotopic (exact) mass is 451 g/mol. The van der Waals surface area contributed by atoms with E-state index in [9.17, 15) is 33.4 Å². The predicted octanol–water partition coefficient (Wildman–Crippen LogP) is 3.99. The van der Waals surface area contributed by atoms with E-state index in [4.69, 9.17) is 10.2 Å². The van der Waals surface area contributed by atoms with Gasteiger partial charge >= 0.3 is 5.97 Å². The van der Waals surface area contributed by atoms with E-state index >= 15 is 0 Å². The number of hydrogen-bond acceptors (Lipinski definition) is 5. The fourth-order valence-electron chi connectivity index (χ4n) is 3.28. The summed E-state index contributed by atoms with van der Waals surface area (Å²) in [5.74, 6) is -3.02. The molecule has 0 unspecified atom stereocenters. The van der Waals surface area contributed by atoms with E-state index in [0.717, 1.165) is 30.3 Å². The summed E-state index contributed by atoms with van der Waals surface area (Å²) in [6, 6.07) is 7.16. The molecule has 0 atom stereocenters. The Morgan fingerprint density at radius 1 is 1.06 bits per heavy atom. The average Bonchev–Trinajstić information content (AvgIpc) is 2.75. The highest BCUT2D eigenvalue weighted by atomic mass is 19.1. The Bertz CT molecular complexity index is 1500. The van der Waals surface area contributed by atoms with E-state index in [-0.39, 0.29) is 44.5 Å². The van der Waals surface area contributed by atoms with E-state index in [0.29, 0.717) is 0 Å². The summed E-state index contributed by atoms with van der Waals surface area (Å²) in [5, 5.41) is 19.4. The number of carboxylic acid groups (broad SMARTS) is 1. The number of amides is 1. The van der Waals surface area contributed by atoms with Gasteiger partial charge in [0, 0.05) is 34.2 Å². The lowest BCUT2D eigenvalue weighted by Crippen LogP contribution is -2.13. The number of carbonyl (C=O) groups excluding carboxylic acids is 1. The minimum atomic E-state index is -1.42. The third kappa shape index (κ3) is 4.22. The van der Waals surface area contributed by atoms with Crippen molar-refractivity contribution in [1.29, 1.82) is 0 Å². The van der Waals surface area contributed by atoms with Crippen LogP contribution >= 0.6 is 0 Å². The van der Waals surface area contributed by atoms with Crippen LogP contribution in [-0.2, 0) is 0 Å².